The molecule has 2 rings (SSSR count). The zero-order valence-electron chi connectivity index (χ0n) is 14.3. The van der Waals surface area contributed by atoms with Crippen LogP contribution in [0, 0.1) is 0 Å². The molecule has 1 aromatic heterocycles. The van der Waals surface area contributed by atoms with E-state index in [1.165, 1.54) is 35.6 Å². The Kier molecular flexibility index (Phi) is 7.16. The number of carbonyl (C=O) groups excluding carboxylic acids is 2. The minimum absolute atomic E-state index is 0.0561. The fourth-order valence-corrected chi connectivity index (χ4v) is 3.72. The minimum atomic E-state index is -3.96. The predicted molar refractivity (Wildman–Crippen MR) is 102 cm³/mol. The van der Waals surface area contributed by atoms with E-state index in [0.717, 1.165) is 17.7 Å². The Morgan fingerprint density at radius 1 is 1.12 bits per heavy atom. The molecule has 0 saturated carbocycles. The molecular weight excluding hydrogens is 374 g/mol. The van der Waals surface area contributed by atoms with Crippen molar-refractivity contribution in [2.75, 3.05) is 11.9 Å². The van der Waals surface area contributed by atoms with Gasteiger partial charge >= 0.3 is 6.03 Å². The number of carbonyl (C=O) groups is 2. The van der Waals surface area contributed by atoms with Crippen molar-refractivity contribution in [3.63, 3.8) is 0 Å². The molecular formula is C17H21N3O4S2. The van der Waals surface area contributed by atoms with Gasteiger partial charge in [-0.3, -0.25) is 4.79 Å². The SMILES string of the molecule is CCCCNC(=O)NS(=O)(=O)c1ccc(NC(=O)Cc2cccs2)cc1. The van der Waals surface area contributed by atoms with Crippen molar-refractivity contribution in [3.05, 3.63) is 46.7 Å². The van der Waals surface area contributed by atoms with E-state index in [0.29, 0.717) is 12.2 Å². The summed E-state index contributed by atoms with van der Waals surface area (Å²) in [6.45, 7) is 2.38. The Balaban J connectivity index is 1.92. The van der Waals surface area contributed by atoms with Gasteiger partial charge < -0.3 is 10.6 Å². The first kappa shape index (κ1) is 19.9. The normalized spacial score (nSPS) is 11.0. The van der Waals surface area contributed by atoms with Crippen LogP contribution < -0.4 is 15.4 Å². The van der Waals surface area contributed by atoms with E-state index in [-0.39, 0.29) is 17.2 Å². The Morgan fingerprint density at radius 3 is 2.46 bits per heavy atom. The number of urea groups is 1. The zero-order valence-corrected chi connectivity index (χ0v) is 16.0. The maximum Gasteiger partial charge on any atom is 0.328 e. The standard InChI is InChI=1S/C17H21N3O4S2/c1-2-3-10-18-17(22)20-26(23,24)15-8-6-13(7-9-15)19-16(21)12-14-5-4-11-25-14/h4-9,11H,2-3,10,12H2,1H3,(H,19,21)(H2,18,20,22). The van der Waals surface area contributed by atoms with Crippen LogP contribution in [-0.4, -0.2) is 26.9 Å². The maximum atomic E-state index is 12.2. The number of thiophene rings is 1. The first-order chi connectivity index (χ1) is 12.4. The molecule has 140 valence electrons. The Hall–Kier alpha value is -2.39. The molecule has 0 aliphatic carbocycles. The van der Waals surface area contributed by atoms with Crippen molar-refractivity contribution < 1.29 is 18.0 Å². The van der Waals surface area contributed by atoms with Gasteiger partial charge in [-0.2, -0.15) is 0 Å². The number of hydrogen-bond acceptors (Lipinski definition) is 5. The summed E-state index contributed by atoms with van der Waals surface area (Å²) in [7, 11) is -3.96. The summed E-state index contributed by atoms with van der Waals surface area (Å²) >= 11 is 1.49. The van der Waals surface area contributed by atoms with Gasteiger partial charge in [0.1, 0.15) is 0 Å². The smallest absolute Gasteiger partial charge is 0.328 e. The minimum Gasteiger partial charge on any atom is -0.337 e. The molecule has 7 nitrogen and oxygen atoms in total. The summed E-state index contributed by atoms with van der Waals surface area (Å²) in [5.74, 6) is -0.184. The fourth-order valence-electron chi connectivity index (χ4n) is 2.09. The summed E-state index contributed by atoms with van der Waals surface area (Å²) in [6, 6.07) is 8.62. The van der Waals surface area contributed by atoms with Crippen molar-refractivity contribution in [2.24, 2.45) is 0 Å². The molecule has 1 aromatic carbocycles. The number of amides is 3. The summed E-state index contributed by atoms with van der Waals surface area (Å²) in [5, 5.41) is 7.09. The van der Waals surface area contributed by atoms with Crippen LogP contribution in [0.4, 0.5) is 10.5 Å². The van der Waals surface area contributed by atoms with Gasteiger partial charge in [0.05, 0.1) is 11.3 Å². The second-order valence-electron chi connectivity index (χ2n) is 5.54. The van der Waals surface area contributed by atoms with Crippen molar-refractivity contribution >= 4 is 39.0 Å². The molecule has 2 aromatic rings. The maximum absolute atomic E-state index is 12.2. The van der Waals surface area contributed by atoms with E-state index in [1.54, 1.807) is 0 Å². The van der Waals surface area contributed by atoms with E-state index in [1.807, 2.05) is 29.2 Å². The number of sulfonamides is 1. The lowest BCUT2D eigenvalue weighted by atomic mass is 10.3. The molecule has 0 unspecified atom stereocenters. The molecule has 0 aliphatic heterocycles. The quantitative estimate of drug-likeness (QED) is 0.598. The highest BCUT2D eigenvalue weighted by atomic mass is 32.2. The first-order valence-corrected chi connectivity index (χ1v) is 10.5. The first-order valence-electron chi connectivity index (χ1n) is 8.13. The number of unbranched alkanes of at least 4 members (excludes halogenated alkanes) is 1. The second-order valence-corrected chi connectivity index (χ2v) is 8.26. The highest BCUT2D eigenvalue weighted by Crippen LogP contribution is 2.15. The molecule has 0 aliphatic rings. The number of rotatable bonds is 8. The average Bonchev–Trinajstić information content (AvgIpc) is 3.08. The summed E-state index contributed by atoms with van der Waals surface area (Å²) in [4.78, 5) is 24.4. The van der Waals surface area contributed by atoms with E-state index < -0.39 is 16.1 Å². The van der Waals surface area contributed by atoms with Gasteiger partial charge in [-0.05, 0) is 42.1 Å². The van der Waals surface area contributed by atoms with Gasteiger partial charge in [0.25, 0.3) is 10.0 Å². The summed E-state index contributed by atoms with van der Waals surface area (Å²) in [6.07, 6.45) is 1.93. The van der Waals surface area contributed by atoms with Gasteiger partial charge in [-0.1, -0.05) is 19.4 Å². The van der Waals surface area contributed by atoms with E-state index in [4.69, 9.17) is 0 Å². The largest absolute Gasteiger partial charge is 0.337 e. The van der Waals surface area contributed by atoms with Crippen molar-refractivity contribution in [3.8, 4) is 0 Å². The topological polar surface area (TPSA) is 104 Å². The third-order valence-electron chi connectivity index (χ3n) is 3.41. The molecule has 3 amide bonds. The average molecular weight is 396 g/mol. The second kappa shape index (κ2) is 9.35. The molecule has 0 bridgehead atoms. The molecule has 0 fully saturated rings. The molecule has 0 saturated heterocycles. The Morgan fingerprint density at radius 2 is 1.85 bits per heavy atom. The monoisotopic (exact) mass is 395 g/mol. The van der Waals surface area contributed by atoms with Crippen molar-refractivity contribution in [1.29, 1.82) is 0 Å². The van der Waals surface area contributed by atoms with Crippen molar-refractivity contribution in [1.82, 2.24) is 10.0 Å². The predicted octanol–water partition coefficient (Wildman–Crippen LogP) is 2.72. The molecule has 0 radical (unpaired) electrons. The molecule has 26 heavy (non-hydrogen) atoms. The number of anilines is 1. The Labute approximate surface area is 156 Å². The number of nitrogens with one attached hydrogen (secondary N) is 3. The van der Waals surface area contributed by atoms with E-state index in [2.05, 4.69) is 10.6 Å². The van der Waals surface area contributed by atoms with Gasteiger partial charge in [0, 0.05) is 17.1 Å². The fraction of sp³-hybridized carbons (Fsp3) is 0.294. The molecule has 3 N–H and O–H groups in total. The lowest BCUT2D eigenvalue weighted by molar-refractivity contribution is -0.115. The molecule has 0 atom stereocenters. The van der Waals surface area contributed by atoms with Crippen molar-refractivity contribution in [2.45, 2.75) is 31.1 Å². The molecule has 0 spiro atoms. The summed E-state index contributed by atoms with van der Waals surface area (Å²) < 4.78 is 26.3. The third-order valence-corrected chi connectivity index (χ3v) is 5.63. The van der Waals surface area contributed by atoms with Crippen LogP contribution in [0.2, 0.25) is 0 Å². The lowest BCUT2D eigenvalue weighted by Crippen LogP contribution is -2.39. The van der Waals surface area contributed by atoms with Crippen LogP contribution in [0.5, 0.6) is 0 Å². The van der Waals surface area contributed by atoms with Crippen LogP contribution in [-0.2, 0) is 21.2 Å². The van der Waals surface area contributed by atoms with E-state index in [9.17, 15) is 18.0 Å². The van der Waals surface area contributed by atoms with Crippen LogP contribution in [0.3, 0.4) is 0 Å². The zero-order chi connectivity index (χ0) is 19.0. The van der Waals surface area contributed by atoms with Crippen LogP contribution in [0.25, 0.3) is 0 Å². The van der Waals surface area contributed by atoms with Gasteiger partial charge in [0.15, 0.2) is 0 Å². The third kappa shape index (κ3) is 6.16. The molecule has 9 heteroatoms. The highest BCUT2D eigenvalue weighted by molar-refractivity contribution is 7.90. The van der Waals surface area contributed by atoms with Crippen LogP contribution in [0.15, 0.2) is 46.7 Å². The molecule has 1 heterocycles. The van der Waals surface area contributed by atoms with Crippen LogP contribution >= 0.6 is 11.3 Å². The lowest BCUT2D eigenvalue weighted by Gasteiger charge is -2.09. The van der Waals surface area contributed by atoms with Gasteiger partial charge in [0.2, 0.25) is 5.91 Å². The van der Waals surface area contributed by atoms with Gasteiger partial charge in [-0.25, -0.2) is 17.9 Å². The number of hydrogen-bond donors (Lipinski definition) is 3. The van der Waals surface area contributed by atoms with E-state index >= 15 is 0 Å². The number of benzene rings is 1. The summed E-state index contributed by atoms with van der Waals surface area (Å²) in [5.41, 5.74) is 0.484. The van der Waals surface area contributed by atoms with Gasteiger partial charge in [-0.15, -0.1) is 11.3 Å². The Bertz CT molecular complexity index is 831. The van der Waals surface area contributed by atoms with Crippen LogP contribution in [0.1, 0.15) is 24.6 Å². The highest BCUT2D eigenvalue weighted by Gasteiger charge is 2.17.